The summed E-state index contributed by atoms with van der Waals surface area (Å²) in [5.74, 6) is 2.02. The van der Waals surface area contributed by atoms with Gasteiger partial charge < -0.3 is 14.8 Å². The summed E-state index contributed by atoms with van der Waals surface area (Å²) in [7, 11) is 3.23. The van der Waals surface area contributed by atoms with E-state index in [0.717, 1.165) is 27.7 Å². The Kier molecular flexibility index (Phi) is 5.01. The van der Waals surface area contributed by atoms with Gasteiger partial charge in [0.15, 0.2) is 17.3 Å². The number of rotatable bonds is 6. The molecule has 28 heavy (non-hydrogen) atoms. The summed E-state index contributed by atoms with van der Waals surface area (Å²) in [6, 6.07) is 17.7. The second kappa shape index (κ2) is 7.92. The molecule has 4 aromatic rings. The number of benzene rings is 2. The molecule has 0 aliphatic rings. The fraction of sp³-hybridized carbons (Fsp3) is 0.136. The molecule has 0 saturated heterocycles. The first-order valence-electron chi connectivity index (χ1n) is 8.90. The lowest BCUT2D eigenvalue weighted by molar-refractivity contribution is 0.355. The van der Waals surface area contributed by atoms with Crippen molar-refractivity contribution in [1.29, 1.82) is 0 Å². The van der Waals surface area contributed by atoms with E-state index in [4.69, 9.17) is 9.47 Å². The van der Waals surface area contributed by atoms with Crippen LogP contribution in [0.5, 0.6) is 11.5 Å². The van der Waals surface area contributed by atoms with Crippen LogP contribution in [-0.4, -0.2) is 29.4 Å². The molecule has 0 spiro atoms. The van der Waals surface area contributed by atoms with Crippen molar-refractivity contribution in [1.82, 2.24) is 15.2 Å². The molecule has 0 atom stereocenters. The fourth-order valence-electron chi connectivity index (χ4n) is 3.13. The summed E-state index contributed by atoms with van der Waals surface area (Å²) >= 11 is 0. The molecule has 2 aromatic heterocycles. The molecule has 0 aliphatic carbocycles. The fourth-order valence-corrected chi connectivity index (χ4v) is 3.13. The summed E-state index contributed by atoms with van der Waals surface area (Å²) in [6.45, 7) is 0. The van der Waals surface area contributed by atoms with Crippen LogP contribution in [0, 0.1) is 0 Å². The maximum Gasteiger partial charge on any atom is 0.162 e. The molecule has 0 saturated carbocycles. The predicted octanol–water partition coefficient (Wildman–Crippen LogP) is 4.38. The molecule has 0 fully saturated rings. The Morgan fingerprint density at radius 3 is 2.43 bits per heavy atom. The zero-order valence-electron chi connectivity index (χ0n) is 15.7. The highest BCUT2D eigenvalue weighted by Crippen LogP contribution is 2.32. The monoisotopic (exact) mass is 372 g/mol. The Labute approximate surface area is 163 Å². The Balaban J connectivity index is 1.70. The number of ether oxygens (including phenoxy) is 2. The highest BCUT2D eigenvalue weighted by molar-refractivity contribution is 5.94. The first-order chi connectivity index (χ1) is 13.8. The van der Waals surface area contributed by atoms with Crippen molar-refractivity contribution < 1.29 is 9.47 Å². The van der Waals surface area contributed by atoms with Crippen molar-refractivity contribution in [2.24, 2.45) is 0 Å². The summed E-state index contributed by atoms with van der Waals surface area (Å²) in [6.07, 6.45) is 4.30. The molecule has 4 rings (SSSR count). The minimum absolute atomic E-state index is 0.651. The van der Waals surface area contributed by atoms with E-state index in [1.54, 1.807) is 20.4 Å². The largest absolute Gasteiger partial charge is 0.493 e. The topological polar surface area (TPSA) is 69.2 Å². The van der Waals surface area contributed by atoms with Crippen LogP contribution in [0.4, 0.5) is 11.5 Å². The van der Waals surface area contributed by atoms with Gasteiger partial charge in [0.2, 0.25) is 0 Å². The van der Waals surface area contributed by atoms with Gasteiger partial charge in [0.05, 0.1) is 19.9 Å². The summed E-state index contributed by atoms with van der Waals surface area (Å²) < 4.78 is 10.7. The molecular weight excluding hydrogens is 352 g/mol. The minimum Gasteiger partial charge on any atom is -0.493 e. The Hall–Kier alpha value is -3.67. The van der Waals surface area contributed by atoms with Crippen LogP contribution >= 0.6 is 0 Å². The van der Waals surface area contributed by atoms with Crippen LogP contribution < -0.4 is 14.8 Å². The van der Waals surface area contributed by atoms with Crippen molar-refractivity contribution in [2.45, 2.75) is 6.42 Å². The van der Waals surface area contributed by atoms with Gasteiger partial charge in [-0.1, -0.05) is 30.3 Å². The lowest BCUT2D eigenvalue weighted by Gasteiger charge is -2.13. The average Bonchev–Trinajstić information content (AvgIpc) is 2.76. The van der Waals surface area contributed by atoms with Crippen molar-refractivity contribution >= 4 is 22.3 Å². The molecule has 2 heterocycles. The van der Waals surface area contributed by atoms with Crippen molar-refractivity contribution in [3.63, 3.8) is 0 Å². The third kappa shape index (κ3) is 3.57. The third-order valence-electron chi connectivity index (χ3n) is 4.50. The number of fused-ring (bicyclic) bond motifs is 1. The van der Waals surface area contributed by atoms with Crippen LogP contribution in [0.15, 0.2) is 67.0 Å². The van der Waals surface area contributed by atoms with Gasteiger partial charge in [-0.05, 0) is 23.8 Å². The van der Waals surface area contributed by atoms with Crippen LogP contribution in [0.1, 0.15) is 11.3 Å². The van der Waals surface area contributed by atoms with E-state index in [-0.39, 0.29) is 0 Å². The quantitative estimate of drug-likeness (QED) is 0.542. The number of nitrogens with zero attached hydrogens (tertiary/aromatic N) is 3. The van der Waals surface area contributed by atoms with Gasteiger partial charge in [0, 0.05) is 41.3 Å². The van der Waals surface area contributed by atoms with E-state index in [9.17, 15) is 0 Å². The summed E-state index contributed by atoms with van der Waals surface area (Å²) in [4.78, 5) is 4.18. The van der Waals surface area contributed by atoms with Crippen LogP contribution in [0.2, 0.25) is 0 Å². The predicted molar refractivity (Wildman–Crippen MR) is 109 cm³/mol. The average molecular weight is 372 g/mol. The maximum atomic E-state index is 5.38. The van der Waals surface area contributed by atoms with E-state index in [1.165, 1.54) is 0 Å². The van der Waals surface area contributed by atoms with Gasteiger partial charge in [-0.15, -0.1) is 5.10 Å². The van der Waals surface area contributed by atoms with Gasteiger partial charge in [-0.25, -0.2) is 0 Å². The normalized spacial score (nSPS) is 10.6. The lowest BCUT2D eigenvalue weighted by Crippen LogP contribution is -2.02. The molecule has 0 unspecified atom stereocenters. The molecule has 0 radical (unpaired) electrons. The zero-order chi connectivity index (χ0) is 19.3. The molecule has 6 heteroatoms. The third-order valence-corrected chi connectivity index (χ3v) is 4.50. The Morgan fingerprint density at radius 1 is 0.857 bits per heavy atom. The van der Waals surface area contributed by atoms with Crippen LogP contribution in [0.25, 0.3) is 10.8 Å². The SMILES string of the molecule is COc1ccc(Nc2nnc(Cc3cccnc3)c3ccccc23)cc1OC. The van der Waals surface area contributed by atoms with Gasteiger partial charge in [-0.2, -0.15) is 5.10 Å². The minimum atomic E-state index is 0.651. The number of methoxy groups -OCH3 is 2. The second-order valence-electron chi connectivity index (χ2n) is 6.27. The molecular formula is C22H20N4O2. The smallest absolute Gasteiger partial charge is 0.162 e. The van der Waals surface area contributed by atoms with Gasteiger partial charge >= 0.3 is 0 Å². The molecule has 1 N–H and O–H groups in total. The van der Waals surface area contributed by atoms with Gasteiger partial charge in [0.1, 0.15) is 0 Å². The van der Waals surface area contributed by atoms with Crippen LogP contribution in [0.3, 0.4) is 0 Å². The van der Waals surface area contributed by atoms with Gasteiger partial charge in [-0.3, -0.25) is 4.98 Å². The number of hydrogen-bond donors (Lipinski definition) is 1. The number of pyridine rings is 1. The van der Waals surface area contributed by atoms with Crippen molar-refractivity contribution in [3.05, 3.63) is 78.2 Å². The molecule has 140 valence electrons. The first-order valence-corrected chi connectivity index (χ1v) is 8.90. The number of hydrogen-bond acceptors (Lipinski definition) is 6. The van der Waals surface area contributed by atoms with E-state index in [0.29, 0.717) is 23.7 Å². The van der Waals surface area contributed by atoms with Crippen molar-refractivity contribution in [3.8, 4) is 11.5 Å². The number of nitrogens with one attached hydrogen (secondary N) is 1. The highest BCUT2D eigenvalue weighted by atomic mass is 16.5. The summed E-state index contributed by atoms with van der Waals surface area (Å²) in [5, 5.41) is 14.3. The van der Waals surface area contributed by atoms with E-state index in [2.05, 4.69) is 26.6 Å². The molecule has 0 amide bonds. The number of anilines is 2. The van der Waals surface area contributed by atoms with Crippen molar-refractivity contribution in [2.75, 3.05) is 19.5 Å². The molecule has 0 bridgehead atoms. The molecule has 6 nitrogen and oxygen atoms in total. The van der Waals surface area contributed by atoms with E-state index >= 15 is 0 Å². The Morgan fingerprint density at radius 2 is 1.68 bits per heavy atom. The van der Waals surface area contributed by atoms with Gasteiger partial charge in [0.25, 0.3) is 0 Å². The maximum absolute atomic E-state index is 5.38. The zero-order valence-corrected chi connectivity index (χ0v) is 15.7. The second-order valence-corrected chi connectivity index (χ2v) is 6.27. The lowest BCUT2D eigenvalue weighted by atomic mass is 10.1. The number of aromatic nitrogens is 3. The highest BCUT2D eigenvalue weighted by Gasteiger charge is 2.11. The Bertz CT molecular complexity index is 1100. The van der Waals surface area contributed by atoms with E-state index < -0.39 is 0 Å². The molecule has 0 aliphatic heterocycles. The first kappa shape index (κ1) is 17.7. The molecule has 2 aromatic carbocycles. The standard InChI is InChI=1S/C22H20N4O2/c1-27-20-10-9-16(13-21(20)28-2)24-22-18-8-4-3-7-17(18)19(25-26-22)12-15-6-5-11-23-14-15/h3-11,13-14H,12H2,1-2H3,(H,24,26). The summed E-state index contributed by atoms with van der Waals surface area (Å²) in [5.41, 5.74) is 2.86. The van der Waals surface area contributed by atoms with E-state index in [1.807, 2.05) is 54.7 Å². The van der Waals surface area contributed by atoms with Crippen LogP contribution in [-0.2, 0) is 6.42 Å².